The van der Waals surface area contributed by atoms with E-state index >= 15 is 0 Å². The van der Waals surface area contributed by atoms with Crippen LogP contribution in [0.3, 0.4) is 0 Å². The van der Waals surface area contributed by atoms with Crippen LogP contribution in [-0.4, -0.2) is 36.6 Å². The van der Waals surface area contributed by atoms with Crippen LogP contribution in [0.1, 0.15) is 55.4 Å². The van der Waals surface area contributed by atoms with E-state index in [4.69, 9.17) is 27.5 Å². The lowest BCUT2D eigenvalue weighted by Gasteiger charge is -2.32. The van der Waals surface area contributed by atoms with E-state index in [-0.39, 0.29) is 36.6 Å². The molecule has 0 N–H and O–H groups in total. The number of fused-ring (bicyclic) bond motifs is 12. The summed E-state index contributed by atoms with van der Waals surface area (Å²) in [5.74, 6) is 0. The molecule has 8 heteroatoms. The molecule has 0 amide bonds. The van der Waals surface area contributed by atoms with Gasteiger partial charge >= 0.3 is 14.2 Å². The molecule has 6 nitrogen and oxygen atoms in total. The maximum absolute atomic E-state index is 6.40. The van der Waals surface area contributed by atoms with Crippen molar-refractivity contribution in [3.63, 3.8) is 0 Å². The Balaban J connectivity index is 0.000000140. The maximum Gasteiger partial charge on any atom is 0.494 e. The van der Waals surface area contributed by atoms with Gasteiger partial charge in [0.2, 0.25) is 0 Å². The number of benzene rings is 10. The van der Waals surface area contributed by atoms with Crippen LogP contribution in [0.2, 0.25) is 0 Å². The molecule has 10 aromatic carbocycles. The molecule has 0 bridgehead atoms. The molecule has 0 unspecified atom stereocenters. The molecule has 2 aliphatic rings. The molecule has 14 rings (SSSR count). The Morgan fingerprint density at radius 3 is 1.31 bits per heavy atom. The van der Waals surface area contributed by atoms with Crippen molar-refractivity contribution < 1.29 is 27.5 Å². The van der Waals surface area contributed by atoms with Gasteiger partial charge in [-0.25, -0.2) is 0 Å². The first-order valence-electron chi connectivity index (χ1n) is 25.1. The lowest BCUT2D eigenvalue weighted by molar-refractivity contribution is 0.00578. The van der Waals surface area contributed by atoms with E-state index in [1.807, 2.05) is 0 Å². The topological polar surface area (TPSA) is 63.2 Å². The second-order valence-corrected chi connectivity index (χ2v) is 21.8. The molecular formula is C64H54B2O6. The van der Waals surface area contributed by atoms with Crippen LogP contribution in [0.4, 0.5) is 0 Å². The molecule has 12 aromatic rings. The fourth-order valence-corrected chi connectivity index (χ4v) is 10.5. The minimum atomic E-state index is -0.354. The van der Waals surface area contributed by atoms with E-state index in [2.05, 4.69) is 237 Å². The summed E-state index contributed by atoms with van der Waals surface area (Å²) in [6, 6.07) is 64.6. The van der Waals surface area contributed by atoms with Gasteiger partial charge in [0.15, 0.2) is 0 Å². The second kappa shape index (κ2) is 16.2. The third-order valence-corrected chi connectivity index (χ3v) is 16.2. The standard InChI is InChI=1S/2C32H27BO3/c1-31(2)32(3,4)36-33(35-31)25-13-9-20(10-14-25)23-12-16-29-28(19-23)26-15-11-24-17-21-7-5-6-8-22(21)18-27(24)30(26)34-29;1-31(2)32(3,4)36-33(35-31)24-14-11-20(12-15-24)22-13-16-29-27(17-22)28-19-26-23(18-30(28)34-29)10-9-21-7-5-6-8-25(21)26/h2*5-19H,1-4H3. The number of rotatable bonds is 4. The van der Waals surface area contributed by atoms with Gasteiger partial charge in [0.05, 0.1) is 22.4 Å². The molecule has 2 aromatic heterocycles. The van der Waals surface area contributed by atoms with Crippen molar-refractivity contribution in [2.45, 2.75) is 77.8 Å². The van der Waals surface area contributed by atoms with Crippen molar-refractivity contribution in [2.24, 2.45) is 0 Å². The SMILES string of the molecule is CC1(C)OB(c2ccc(-c3ccc4oc5c6cc7ccccc7cc6ccc5c4c3)cc2)OC1(C)C.CC1(C)OB(c2ccc(-c3ccc4oc5cc6ccc7ccccc7c6cc5c4c3)cc2)OC1(C)C. The Hall–Kier alpha value is -7.19. The summed E-state index contributed by atoms with van der Waals surface area (Å²) in [5.41, 5.74) is 8.97. The summed E-state index contributed by atoms with van der Waals surface area (Å²) < 4.78 is 37.5. The molecule has 0 radical (unpaired) electrons. The summed E-state index contributed by atoms with van der Waals surface area (Å²) in [6.07, 6.45) is 0. The van der Waals surface area contributed by atoms with Gasteiger partial charge in [-0.1, -0.05) is 127 Å². The van der Waals surface area contributed by atoms with Crippen LogP contribution in [-0.2, 0) is 18.6 Å². The van der Waals surface area contributed by atoms with Crippen molar-refractivity contribution in [2.75, 3.05) is 0 Å². The maximum atomic E-state index is 6.40. The van der Waals surface area contributed by atoms with Crippen molar-refractivity contribution in [1.82, 2.24) is 0 Å². The highest BCUT2D eigenvalue weighted by Crippen LogP contribution is 2.41. The van der Waals surface area contributed by atoms with Gasteiger partial charge in [0.25, 0.3) is 0 Å². The predicted molar refractivity (Wildman–Crippen MR) is 300 cm³/mol. The van der Waals surface area contributed by atoms with Crippen LogP contribution in [0.15, 0.2) is 191 Å². The van der Waals surface area contributed by atoms with E-state index < -0.39 is 0 Å². The van der Waals surface area contributed by atoms with E-state index in [1.54, 1.807) is 0 Å². The molecule has 4 heterocycles. The highest BCUT2D eigenvalue weighted by Gasteiger charge is 2.52. The number of furan rings is 2. The third-order valence-electron chi connectivity index (χ3n) is 16.2. The fraction of sp³-hybridized carbons (Fsp3) is 0.188. The zero-order valence-electron chi connectivity index (χ0n) is 41.9. The molecule has 0 saturated carbocycles. The normalized spacial score (nSPS) is 17.1. The minimum Gasteiger partial charge on any atom is -0.456 e. The van der Waals surface area contributed by atoms with Gasteiger partial charge in [0, 0.05) is 26.9 Å². The van der Waals surface area contributed by atoms with Crippen molar-refractivity contribution >= 4 is 112 Å². The van der Waals surface area contributed by atoms with E-state index in [1.165, 1.54) is 37.7 Å². The highest BCUT2D eigenvalue weighted by molar-refractivity contribution is 6.62. The Bertz CT molecular complexity index is 4090. The van der Waals surface area contributed by atoms with Crippen molar-refractivity contribution in [3.05, 3.63) is 182 Å². The summed E-state index contributed by atoms with van der Waals surface area (Å²) in [5, 5.41) is 14.3. The van der Waals surface area contributed by atoms with Gasteiger partial charge < -0.3 is 27.5 Å². The Morgan fingerprint density at radius 1 is 0.278 bits per heavy atom. The lowest BCUT2D eigenvalue weighted by Crippen LogP contribution is -2.41. The van der Waals surface area contributed by atoms with Gasteiger partial charge in [-0.3, -0.25) is 0 Å². The Kier molecular flexibility index (Phi) is 10.0. The first-order chi connectivity index (χ1) is 34.6. The number of hydrogen-bond acceptors (Lipinski definition) is 6. The van der Waals surface area contributed by atoms with Gasteiger partial charge in [-0.05, 0) is 181 Å². The Morgan fingerprint density at radius 2 is 0.722 bits per heavy atom. The van der Waals surface area contributed by atoms with Crippen LogP contribution in [0.25, 0.3) is 109 Å². The van der Waals surface area contributed by atoms with Gasteiger partial charge in [-0.2, -0.15) is 0 Å². The molecule has 352 valence electrons. The average Bonchev–Trinajstić information content (AvgIpc) is 4.07. The summed E-state index contributed by atoms with van der Waals surface area (Å²) in [7, 11) is -0.707. The second-order valence-electron chi connectivity index (χ2n) is 21.8. The minimum absolute atomic E-state index is 0.347. The molecule has 2 saturated heterocycles. The molecular weight excluding hydrogens is 886 g/mol. The predicted octanol–water partition coefficient (Wildman–Crippen LogP) is 15.7. The monoisotopic (exact) mass is 940 g/mol. The van der Waals surface area contributed by atoms with Gasteiger partial charge in [-0.15, -0.1) is 0 Å². The fourth-order valence-electron chi connectivity index (χ4n) is 10.5. The molecule has 0 atom stereocenters. The van der Waals surface area contributed by atoms with Crippen molar-refractivity contribution in [1.29, 1.82) is 0 Å². The molecule has 2 aliphatic heterocycles. The Labute approximate surface area is 419 Å². The average molecular weight is 941 g/mol. The van der Waals surface area contributed by atoms with Crippen LogP contribution < -0.4 is 10.9 Å². The van der Waals surface area contributed by atoms with Crippen LogP contribution in [0.5, 0.6) is 0 Å². The molecule has 72 heavy (non-hydrogen) atoms. The van der Waals surface area contributed by atoms with Crippen LogP contribution >= 0.6 is 0 Å². The van der Waals surface area contributed by atoms with E-state index in [0.29, 0.717) is 0 Å². The van der Waals surface area contributed by atoms with Crippen molar-refractivity contribution in [3.8, 4) is 22.3 Å². The van der Waals surface area contributed by atoms with Crippen LogP contribution in [0, 0.1) is 0 Å². The molecule has 0 aliphatic carbocycles. The summed E-state index contributed by atoms with van der Waals surface area (Å²) in [4.78, 5) is 0. The molecule has 2 fully saturated rings. The first-order valence-corrected chi connectivity index (χ1v) is 25.1. The molecule has 0 spiro atoms. The van der Waals surface area contributed by atoms with E-state index in [0.717, 1.165) is 82.4 Å². The van der Waals surface area contributed by atoms with Gasteiger partial charge in [0.1, 0.15) is 22.3 Å². The number of hydrogen-bond donors (Lipinski definition) is 0. The largest absolute Gasteiger partial charge is 0.494 e. The summed E-state index contributed by atoms with van der Waals surface area (Å²) >= 11 is 0. The quantitative estimate of drug-likeness (QED) is 0.0995. The highest BCUT2D eigenvalue weighted by atomic mass is 16.7. The summed E-state index contributed by atoms with van der Waals surface area (Å²) in [6.45, 7) is 16.6. The third kappa shape index (κ3) is 7.34. The lowest BCUT2D eigenvalue weighted by atomic mass is 9.78. The smallest absolute Gasteiger partial charge is 0.456 e. The zero-order chi connectivity index (χ0) is 49.3. The first kappa shape index (κ1) is 44.7. The zero-order valence-corrected chi connectivity index (χ0v) is 41.9. The van der Waals surface area contributed by atoms with E-state index in [9.17, 15) is 0 Å².